The Morgan fingerprint density at radius 2 is 1.25 bits per heavy atom. The smallest absolute Gasteiger partial charge is 0.857 e. The number of hydrogen-bond acceptors (Lipinski definition) is 1. The van der Waals surface area contributed by atoms with Crippen molar-refractivity contribution in [3.63, 3.8) is 0 Å². The van der Waals surface area contributed by atoms with Gasteiger partial charge in [0, 0.05) is 0 Å². The first-order valence-corrected chi connectivity index (χ1v) is 0.408. The molecule has 0 saturated carbocycles. The standard InChI is InChI=1S/CH3O.BrH.Na/c1-2;;/h1H3;1H;/q-1;;+1. The maximum atomic E-state index is 8.25. The Kier molecular flexibility index (Phi) is 114. The van der Waals surface area contributed by atoms with Gasteiger partial charge in [-0.15, -0.1) is 17.0 Å². The van der Waals surface area contributed by atoms with Gasteiger partial charge in [0.15, 0.2) is 0 Å². The Balaban J connectivity index is -0.00000000500. The fourth-order valence-corrected chi connectivity index (χ4v) is 0. The molecule has 0 heterocycles. The summed E-state index contributed by atoms with van der Waals surface area (Å²) in [6, 6.07) is 0. The maximum Gasteiger partial charge on any atom is 1.00 e. The van der Waals surface area contributed by atoms with Crippen LogP contribution in [0.3, 0.4) is 0 Å². The average Bonchev–Trinajstić information content (AvgIpc) is 1.00. The zero-order valence-corrected chi connectivity index (χ0v) is 6.53. The van der Waals surface area contributed by atoms with Gasteiger partial charge in [-0.2, -0.15) is 7.11 Å². The number of rotatable bonds is 0. The topological polar surface area (TPSA) is 23.1 Å². The largest absolute Gasteiger partial charge is 1.00 e. The average molecular weight is 135 g/mol. The van der Waals surface area contributed by atoms with E-state index in [1.807, 2.05) is 0 Å². The molecule has 0 unspecified atom stereocenters. The van der Waals surface area contributed by atoms with Crippen LogP contribution in [0.4, 0.5) is 0 Å². The van der Waals surface area contributed by atoms with E-state index in [2.05, 4.69) is 0 Å². The van der Waals surface area contributed by atoms with Crippen LogP contribution in [-0.2, 0) is 0 Å². The number of halogens is 1. The molecule has 4 heavy (non-hydrogen) atoms. The first kappa shape index (κ1) is 18.0. The molecule has 0 fully saturated rings. The second-order valence-electron chi connectivity index (χ2n) is 0. The van der Waals surface area contributed by atoms with Crippen molar-refractivity contribution in [2.45, 2.75) is 0 Å². The summed E-state index contributed by atoms with van der Waals surface area (Å²) >= 11 is 0. The molecule has 0 N–H and O–H groups in total. The van der Waals surface area contributed by atoms with Crippen molar-refractivity contribution in [1.82, 2.24) is 0 Å². The normalized spacial score (nSPS) is 1.50. The Morgan fingerprint density at radius 1 is 1.25 bits per heavy atom. The maximum absolute atomic E-state index is 8.25. The van der Waals surface area contributed by atoms with Crippen LogP contribution < -0.4 is 34.7 Å². The van der Waals surface area contributed by atoms with Gasteiger partial charge in [-0.25, -0.2) is 0 Å². The molecule has 0 atom stereocenters. The zero-order chi connectivity index (χ0) is 2.00. The summed E-state index contributed by atoms with van der Waals surface area (Å²) in [6.45, 7) is 0. The molecule has 0 aliphatic rings. The molecule has 1 nitrogen and oxygen atoms in total. The Bertz CT molecular complexity index is 8.00. The molecule has 0 bridgehead atoms. The third kappa shape index (κ3) is 9.88. The molecular formula is CH4BrNaO. The summed E-state index contributed by atoms with van der Waals surface area (Å²) in [6.07, 6.45) is 0. The SMILES string of the molecule is Br.C[O-].[Na+]. The molecule has 3 heteroatoms. The Labute approximate surface area is 58.5 Å². The van der Waals surface area contributed by atoms with Crippen molar-refractivity contribution in [2.75, 3.05) is 7.11 Å². The van der Waals surface area contributed by atoms with E-state index >= 15 is 0 Å². The summed E-state index contributed by atoms with van der Waals surface area (Å²) < 4.78 is 0. The van der Waals surface area contributed by atoms with Crippen LogP contribution in [0.15, 0.2) is 0 Å². The van der Waals surface area contributed by atoms with E-state index in [4.69, 9.17) is 5.11 Å². The fourth-order valence-electron chi connectivity index (χ4n) is 0. The van der Waals surface area contributed by atoms with Gasteiger partial charge in [0.2, 0.25) is 0 Å². The van der Waals surface area contributed by atoms with Crippen LogP contribution in [0, 0.1) is 0 Å². The van der Waals surface area contributed by atoms with Gasteiger partial charge in [-0.1, -0.05) is 0 Å². The summed E-state index contributed by atoms with van der Waals surface area (Å²) in [5.74, 6) is 0. The molecule has 0 aliphatic heterocycles. The van der Waals surface area contributed by atoms with Gasteiger partial charge in [0.1, 0.15) is 0 Å². The van der Waals surface area contributed by atoms with Gasteiger partial charge >= 0.3 is 29.6 Å². The summed E-state index contributed by atoms with van der Waals surface area (Å²) in [5, 5.41) is 8.25. The molecular weight excluding hydrogens is 131 g/mol. The monoisotopic (exact) mass is 134 g/mol. The third-order valence-electron chi connectivity index (χ3n) is 0. The van der Waals surface area contributed by atoms with E-state index in [1.165, 1.54) is 0 Å². The summed E-state index contributed by atoms with van der Waals surface area (Å²) in [4.78, 5) is 0. The van der Waals surface area contributed by atoms with Gasteiger partial charge in [0.05, 0.1) is 0 Å². The zero-order valence-electron chi connectivity index (χ0n) is 2.82. The molecule has 0 aromatic carbocycles. The van der Waals surface area contributed by atoms with Crippen molar-refractivity contribution in [3.05, 3.63) is 0 Å². The van der Waals surface area contributed by atoms with Crippen LogP contribution in [0.5, 0.6) is 0 Å². The molecule has 0 rings (SSSR count). The fraction of sp³-hybridized carbons (Fsp3) is 1.00. The minimum atomic E-state index is 0. The van der Waals surface area contributed by atoms with Crippen molar-refractivity contribution >= 4 is 17.0 Å². The molecule has 0 amide bonds. The first-order valence-electron chi connectivity index (χ1n) is 0.408. The van der Waals surface area contributed by atoms with Crippen LogP contribution in [-0.4, -0.2) is 7.11 Å². The predicted molar refractivity (Wildman–Crippen MR) is 16.2 cm³/mol. The summed E-state index contributed by atoms with van der Waals surface area (Å²) in [5.41, 5.74) is 0. The van der Waals surface area contributed by atoms with Crippen molar-refractivity contribution < 1.29 is 34.7 Å². The van der Waals surface area contributed by atoms with Gasteiger partial charge in [0.25, 0.3) is 0 Å². The van der Waals surface area contributed by atoms with E-state index in [0.29, 0.717) is 0 Å². The molecule has 22 valence electrons. The van der Waals surface area contributed by atoms with E-state index in [-0.39, 0.29) is 46.5 Å². The molecule has 0 aromatic heterocycles. The number of hydrogen-bond donors (Lipinski definition) is 0. The predicted octanol–water partition coefficient (Wildman–Crippen LogP) is -3.44. The van der Waals surface area contributed by atoms with Crippen molar-refractivity contribution in [1.29, 1.82) is 0 Å². The Hall–Kier alpha value is 1.44. The first-order chi connectivity index (χ1) is 1.00. The Morgan fingerprint density at radius 3 is 1.25 bits per heavy atom. The molecule has 0 aromatic rings. The second kappa shape index (κ2) is 25.3. The van der Waals surface area contributed by atoms with Gasteiger partial charge < -0.3 is 5.11 Å². The van der Waals surface area contributed by atoms with Crippen molar-refractivity contribution in [3.8, 4) is 0 Å². The van der Waals surface area contributed by atoms with E-state index in [9.17, 15) is 0 Å². The summed E-state index contributed by atoms with van der Waals surface area (Å²) in [7, 11) is 0.750. The van der Waals surface area contributed by atoms with E-state index in [1.54, 1.807) is 0 Å². The quantitative estimate of drug-likeness (QED) is 0.317. The second-order valence-corrected chi connectivity index (χ2v) is 0. The third-order valence-corrected chi connectivity index (χ3v) is 0. The minimum absolute atomic E-state index is 0. The van der Waals surface area contributed by atoms with Crippen LogP contribution in [0.2, 0.25) is 0 Å². The molecule has 0 radical (unpaired) electrons. The molecule has 0 spiro atoms. The van der Waals surface area contributed by atoms with Crippen LogP contribution >= 0.6 is 17.0 Å². The van der Waals surface area contributed by atoms with Crippen molar-refractivity contribution in [2.24, 2.45) is 0 Å². The van der Waals surface area contributed by atoms with Gasteiger partial charge in [-0.3, -0.25) is 0 Å². The van der Waals surface area contributed by atoms with E-state index < -0.39 is 0 Å². The van der Waals surface area contributed by atoms with Crippen LogP contribution in [0.1, 0.15) is 0 Å². The molecule has 0 aliphatic carbocycles. The van der Waals surface area contributed by atoms with Gasteiger partial charge in [-0.05, 0) is 0 Å². The van der Waals surface area contributed by atoms with Crippen LogP contribution in [0.25, 0.3) is 0 Å². The minimum Gasteiger partial charge on any atom is -0.857 e. The molecule has 0 saturated heterocycles. The van der Waals surface area contributed by atoms with E-state index in [0.717, 1.165) is 7.11 Å².